The van der Waals surface area contributed by atoms with Gasteiger partial charge in [0, 0.05) is 16.8 Å². The van der Waals surface area contributed by atoms with E-state index >= 15 is 0 Å². The van der Waals surface area contributed by atoms with Gasteiger partial charge in [-0.3, -0.25) is 10.1 Å². The van der Waals surface area contributed by atoms with E-state index < -0.39 is 0 Å². The molecule has 28 heavy (non-hydrogen) atoms. The van der Waals surface area contributed by atoms with Crippen molar-refractivity contribution in [3.05, 3.63) is 65.2 Å². The molecule has 1 heterocycles. The molecule has 3 aromatic rings. The van der Waals surface area contributed by atoms with Crippen LogP contribution in [0.5, 0.6) is 5.75 Å². The second-order valence-electron chi connectivity index (χ2n) is 6.00. The summed E-state index contributed by atoms with van der Waals surface area (Å²) >= 11 is 1.26. The zero-order valence-corrected chi connectivity index (χ0v) is 16.3. The molecule has 1 aromatic heterocycles. The average Bonchev–Trinajstić information content (AvgIpc) is 3.09. The van der Waals surface area contributed by atoms with Gasteiger partial charge in [-0.1, -0.05) is 18.2 Å². The van der Waals surface area contributed by atoms with E-state index in [0.29, 0.717) is 22.2 Å². The van der Waals surface area contributed by atoms with Crippen LogP contribution in [0.3, 0.4) is 0 Å². The Morgan fingerprint density at radius 3 is 2.54 bits per heavy atom. The minimum absolute atomic E-state index is 0.115. The minimum Gasteiger partial charge on any atom is -0.496 e. The second-order valence-corrected chi connectivity index (χ2v) is 6.86. The van der Waals surface area contributed by atoms with Crippen LogP contribution in [-0.4, -0.2) is 24.0 Å². The summed E-state index contributed by atoms with van der Waals surface area (Å²) in [7, 11) is 1.61. The number of nitrogens with one attached hydrogen (secondary N) is 3. The van der Waals surface area contributed by atoms with E-state index in [9.17, 15) is 9.59 Å². The predicted molar refractivity (Wildman–Crippen MR) is 111 cm³/mol. The number of amides is 3. The van der Waals surface area contributed by atoms with Gasteiger partial charge in [-0.15, -0.1) is 11.3 Å². The van der Waals surface area contributed by atoms with E-state index in [1.807, 2.05) is 31.2 Å². The molecule has 0 aliphatic rings. The molecule has 0 bridgehead atoms. The second kappa shape index (κ2) is 9.01. The lowest BCUT2D eigenvalue weighted by atomic mass is 10.2. The van der Waals surface area contributed by atoms with Crippen molar-refractivity contribution in [2.75, 3.05) is 23.1 Å². The summed E-state index contributed by atoms with van der Waals surface area (Å²) in [5.74, 6) is 0.581. The van der Waals surface area contributed by atoms with Gasteiger partial charge >= 0.3 is 6.03 Å². The molecular formula is C20H20N4O3S. The molecule has 3 rings (SSSR count). The molecule has 0 saturated heterocycles. The van der Waals surface area contributed by atoms with Gasteiger partial charge in [0.25, 0.3) is 0 Å². The molecule has 0 atom stereocenters. The van der Waals surface area contributed by atoms with Gasteiger partial charge in [0.15, 0.2) is 5.13 Å². The highest BCUT2D eigenvalue weighted by Crippen LogP contribution is 2.22. The number of carbonyl (C=O) groups excluding carboxylic acids is 2. The van der Waals surface area contributed by atoms with Crippen molar-refractivity contribution in [2.45, 2.75) is 13.3 Å². The fourth-order valence-corrected chi connectivity index (χ4v) is 3.26. The first-order valence-corrected chi connectivity index (χ1v) is 9.43. The number of aromatic nitrogens is 1. The monoisotopic (exact) mass is 396 g/mol. The molecule has 3 amide bonds. The summed E-state index contributed by atoms with van der Waals surface area (Å²) in [5, 5.41) is 10.4. The topological polar surface area (TPSA) is 92.4 Å². The van der Waals surface area contributed by atoms with Gasteiger partial charge in [0.05, 0.1) is 19.2 Å². The summed E-state index contributed by atoms with van der Waals surface area (Å²) in [6.07, 6.45) is 0.115. The van der Waals surface area contributed by atoms with Crippen LogP contribution in [0, 0.1) is 6.92 Å². The number of rotatable bonds is 6. The normalized spacial score (nSPS) is 10.2. The van der Waals surface area contributed by atoms with Gasteiger partial charge < -0.3 is 15.4 Å². The van der Waals surface area contributed by atoms with Crippen LogP contribution in [0.15, 0.2) is 53.9 Å². The third kappa shape index (κ3) is 5.31. The zero-order chi connectivity index (χ0) is 19.9. The van der Waals surface area contributed by atoms with Crippen molar-refractivity contribution in [1.29, 1.82) is 0 Å². The summed E-state index contributed by atoms with van der Waals surface area (Å²) in [5.41, 5.74) is 2.90. The molecular weight excluding hydrogens is 376 g/mol. The Balaban J connectivity index is 1.53. The molecule has 0 unspecified atom stereocenters. The first-order chi connectivity index (χ1) is 13.5. The Hall–Kier alpha value is -3.39. The Kier molecular flexibility index (Phi) is 6.23. The standard InChI is InChI=1S/C20H20N4O3S/c1-13-10-15(8-9-17(13)27-2)21-18(25)11-16-12-28-20(23-16)24-19(26)22-14-6-4-3-5-7-14/h3-10,12H,11H2,1-2H3,(H,21,25)(H2,22,23,24,26). The molecule has 0 aliphatic heterocycles. The van der Waals surface area contributed by atoms with Crippen LogP contribution in [0.1, 0.15) is 11.3 Å². The number of thiazole rings is 1. The molecule has 0 saturated carbocycles. The molecule has 7 nitrogen and oxygen atoms in total. The number of hydrogen-bond acceptors (Lipinski definition) is 5. The maximum atomic E-state index is 12.2. The number of benzene rings is 2. The number of nitrogens with zero attached hydrogens (tertiary/aromatic N) is 1. The molecule has 0 spiro atoms. The van der Waals surface area contributed by atoms with Crippen molar-refractivity contribution in [1.82, 2.24) is 4.98 Å². The van der Waals surface area contributed by atoms with Crippen molar-refractivity contribution >= 4 is 39.8 Å². The third-order valence-electron chi connectivity index (χ3n) is 3.82. The number of urea groups is 1. The minimum atomic E-state index is -0.384. The van der Waals surface area contributed by atoms with Crippen LogP contribution in [-0.2, 0) is 11.2 Å². The van der Waals surface area contributed by atoms with Gasteiger partial charge in [-0.25, -0.2) is 9.78 Å². The lowest BCUT2D eigenvalue weighted by Gasteiger charge is -2.08. The fraction of sp³-hybridized carbons (Fsp3) is 0.150. The van der Waals surface area contributed by atoms with Gasteiger partial charge in [0.1, 0.15) is 5.75 Å². The number of carbonyl (C=O) groups is 2. The van der Waals surface area contributed by atoms with E-state index in [1.165, 1.54) is 11.3 Å². The summed E-state index contributed by atoms with van der Waals surface area (Å²) in [6.45, 7) is 1.91. The smallest absolute Gasteiger partial charge is 0.325 e. The maximum absolute atomic E-state index is 12.2. The van der Waals surface area contributed by atoms with Gasteiger partial charge in [0.2, 0.25) is 5.91 Å². The Morgan fingerprint density at radius 1 is 1.04 bits per heavy atom. The number of anilines is 3. The molecule has 3 N–H and O–H groups in total. The highest BCUT2D eigenvalue weighted by Gasteiger charge is 2.11. The van der Waals surface area contributed by atoms with Crippen molar-refractivity contribution < 1.29 is 14.3 Å². The maximum Gasteiger partial charge on any atom is 0.325 e. The average molecular weight is 396 g/mol. The number of hydrogen-bond donors (Lipinski definition) is 3. The van der Waals surface area contributed by atoms with Crippen LogP contribution < -0.4 is 20.7 Å². The highest BCUT2D eigenvalue weighted by molar-refractivity contribution is 7.14. The molecule has 144 valence electrons. The number of para-hydroxylation sites is 1. The van der Waals surface area contributed by atoms with E-state index in [-0.39, 0.29) is 18.4 Å². The SMILES string of the molecule is COc1ccc(NC(=O)Cc2csc(NC(=O)Nc3ccccc3)n2)cc1C. The molecule has 2 aromatic carbocycles. The zero-order valence-electron chi connectivity index (χ0n) is 15.5. The summed E-state index contributed by atoms with van der Waals surface area (Å²) < 4.78 is 5.21. The predicted octanol–water partition coefficient (Wildman–Crippen LogP) is 4.29. The van der Waals surface area contributed by atoms with Gasteiger partial charge in [-0.05, 0) is 42.8 Å². The number of ether oxygens (including phenoxy) is 1. The molecule has 0 aliphatic carbocycles. The molecule has 8 heteroatoms. The van der Waals surface area contributed by atoms with E-state index in [2.05, 4.69) is 20.9 Å². The van der Waals surface area contributed by atoms with E-state index in [1.54, 1.807) is 36.8 Å². The lowest BCUT2D eigenvalue weighted by molar-refractivity contribution is -0.115. The number of methoxy groups -OCH3 is 1. The van der Waals surface area contributed by atoms with Crippen LogP contribution in [0.4, 0.5) is 21.3 Å². The summed E-state index contributed by atoms with van der Waals surface area (Å²) in [4.78, 5) is 28.5. The fourth-order valence-electron chi connectivity index (χ4n) is 2.55. The lowest BCUT2D eigenvalue weighted by Crippen LogP contribution is -2.19. The highest BCUT2D eigenvalue weighted by atomic mass is 32.1. The van der Waals surface area contributed by atoms with E-state index in [0.717, 1.165) is 11.3 Å². The quantitative estimate of drug-likeness (QED) is 0.580. The van der Waals surface area contributed by atoms with Crippen molar-refractivity contribution in [3.8, 4) is 5.75 Å². The van der Waals surface area contributed by atoms with Crippen molar-refractivity contribution in [3.63, 3.8) is 0 Å². The van der Waals surface area contributed by atoms with Crippen LogP contribution >= 0.6 is 11.3 Å². The first kappa shape index (κ1) is 19.4. The molecule has 0 radical (unpaired) electrons. The molecule has 0 fully saturated rings. The third-order valence-corrected chi connectivity index (χ3v) is 4.63. The van der Waals surface area contributed by atoms with Crippen LogP contribution in [0.25, 0.3) is 0 Å². The summed E-state index contributed by atoms with van der Waals surface area (Å²) in [6, 6.07) is 14.2. The van der Waals surface area contributed by atoms with Crippen molar-refractivity contribution in [2.24, 2.45) is 0 Å². The Morgan fingerprint density at radius 2 is 1.82 bits per heavy atom. The van der Waals surface area contributed by atoms with Gasteiger partial charge in [-0.2, -0.15) is 0 Å². The number of aryl methyl sites for hydroxylation is 1. The van der Waals surface area contributed by atoms with Crippen LogP contribution in [0.2, 0.25) is 0 Å². The Labute approximate surface area is 166 Å². The van der Waals surface area contributed by atoms with E-state index in [4.69, 9.17) is 4.74 Å². The largest absolute Gasteiger partial charge is 0.496 e. The Bertz CT molecular complexity index is 973. The first-order valence-electron chi connectivity index (χ1n) is 8.55.